The molecule has 0 aliphatic heterocycles. The predicted molar refractivity (Wildman–Crippen MR) is 91.7 cm³/mol. The number of hydrogen-bond donors (Lipinski definition) is 1. The third-order valence-electron chi connectivity index (χ3n) is 4.91. The smallest absolute Gasteiger partial charge is 0.220 e. The topological polar surface area (TPSA) is 29.1 Å². The summed E-state index contributed by atoms with van der Waals surface area (Å²) < 4.78 is 0. The summed E-state index contributed by atoms with van der Waals surface area (Å²) in [6.45, 7) is 2.07. The molecule has 1 N–H and O–H groups in total. The Hall–Kier alpha value is -1.83. The molecule has 1 unspecified atom stereocenters. The molecule has 1 aliphatic rings. The fourth-order valence-corrected chi connectivity index (χ4v) is 3.51. The normalized spacial score (nSPS) is 16.8. The van der Waals surface area contributed by atoms with Crippen molar-refractivity contribution in [2.45, 2.75) is 51.5 Å². The summed E-state index contributed by atoms with van der Waals surface area (Å²) in [6, 6.07) is 14.8. The van der Waals surface area contributed by atoms with Crippen molar-refractivity contribution in [3.63, 3.8) is 0 Å². The molecule has 1 amide bonds. The van der Waals surface area contributed by atoms with Crippen LogP contribution in [0.3, 0.4) is 0 Å². The molecule has 0 spiro atoms. The summed E-state index contributed by atoms with van der Waals surface area (Å²) in [5.74, 6) is 0.967. The lowest BCUT2D eigenvalue weighted by molar-refractivity contribution is -0.122. The first-order chi connectivity index (χ1) is 10.7. The lowest BCUT2D eigenvalue weighted by Gasteiger charge is -2.16. The van der Waals surface area contributed by atoms with Crippen LogP contribution in [0.25, 0.3) is 10.8 Å². The van der Waals surface area contributed by atoms with Crippen LogP contribution in [0.15, 0.2) is 42.5 Å². The van der Waals surface area contributed by atoms with Crippen molar-refractivity contribution >= 4 is 16.7 Å². The number of rotatable bonds is 5. The van der Waals surface area contributed by atoms with Gasteiger partial charge in [0.15, 0.2) is 0 Å². The lowest BCUT2D eigenvalue weighted by Crippen LogP contribution is -2.26. The van der Waals surface area contributed by atoms with Crippen LogP contribution in [0.5, 0.6) is 0 Å². The molecule has 2 nitrogen and oxygen atoms in total. The molecule has 1 atom stereocenters. The van der Waals surface area contributed by atoms with E-state index < -0.39 is 0 Å². The summed E-state index contributed by atoms with van der Waals surface area (Å²) >= 11 is 0. The molecule has 0 aromatic heterocycles. The SMILES string of the molecule is CC(NC(=O)CCC1CCCC1)c1ccc2ccccc2c1. The van der Waals surface area contributed by atoms with Gasteiger partial charge in [0.1, 0.15) is 0 Å². The third kappa shape index (κ3) is 3.68. The van der Waals surface area contributed by atoms with Crippen molar-refractivity contribution < 1.29 is 4.79 Å². The maximum absolute atomic E-state index is 12.1. The average molecular weight is 295 g/mol. The number of amides is 1. The Balaban J connectivity index is 1.57. The van der Waals surface area contributed by atoms with Crippen LogP contribution in [0.4, 0.5) is 0 Å². The highest BCUT2D eigenvalue weighted by Gasteiger charge is 2.17. The molecule has 0 radical (unpaired) electrons. The highest BCUT2D eigenvalue weighted by Crippen LogP contribution is 2.28. The van der Waals surface area contributed by atoms with Gasteiger partial charge in [-0.25, -0.2) is 0 Å². The van der Waals surface area contributed by atoms with Crippen LogP contribution in [0.1, 0.15) is 57.1 Å². The van der Waals surface area contributed by atoms with Gasteiger partial charge in [-0.05, 0) is 41.7 Å². The number of fused-ring (bicyclic) bond motifs is 1. The maximum Gasteiger partial charge on any atom is 0.220 e. The molecular weight excluding hydrogens is 270 g/mol. The molecule has 116 valence electrons. The van der Waals surface area contributed by atoms with Crippen LogP contribution in [-0.4, -0.2) is 5.91 Å². The van der Waals surface area contributed by atoms with Crippen LogP contribution in [-0.2, 0) is 4.79 Å². The van der Waals surface area contributed by atoms with Gasteiger partial charge in [-0.15, -0.1) is 0 Å². The molecule has 1 fully saturated rings. The van der Waals surface area contributed by atoms with Crippen LogP contribution >= 0.6 is 0 Å². The molecule has 22 heavy (non-hydrogen) atoms. The molecule has 2 aromatic carbocycles. The Bertz CT molecular complexity index is 643. The van der Waals surface area contributed by atoms with Crippen molar-refractivity contribution in [1.82, 2.24) is 5.32 Å². The fourth-order valence-electron chi connectivity index (χ4n) is 3.51. The van der Waals surface area contributed by atoms with Gasteiger partial charge in [0.25, 0.3) is 0 Å². The zero-order valence-electron chi connectivity index (χ0n) is 13.3. The molecule has 0 heterocycles. The van der Waals surface area contributed by atoms with Gasteiger partial charge in [-0.1, -0.05) is 62.1 Å². The number of carbonyl (C=O) groups excluding carboxylic acids is 1. The van der Waals surface area contributed by atoms with E-state index in [1.54, 1.807) is 0 Å². The van der Waals surface area contributed by atoms with E-state index in [2.05, 4.69) is 54.7 Å². The van der Waals surface area contributed by atoms with Crippen molar-refractivity contribution in [3.05, 3.63) is 48.0 Å². The molecular formula is C20H25NO. The fraction of sp³-hybridized carbons (Fsp3) is 0.450. The zero-order chi connectivity index (χ0) is 15.4. The number of benzene rings is 2. The Morgan fingerprint density at radius 1 is 1.14 bits per heavy atom. The Labute approximate surface area is 132 Å². The van der Waals surface area contributed by atoms with Crippen LogP contribution in [0, 0.1) is 5.92 Å². The van der Waals surface area contributed by atoms with E-state index in [-0.39, 0.29) is 11.9 Å². The van der Waals surface area contributed by atoms with Gasteiger partial charge >= 0.3 is 0 Å². The summed E-state index contributed by atoms with van der Waals surface area (Å²) in [7, 11) is 0. The lowest BCUT2D eigenvalue weighted by atomic mass is 10.0. The second-order valence-electron chi connectivity index (χ2n) is 6.58. The standard InChI is InChI=1S/C20H25NO/c1-15(21-20(22)13-10-16-6-2-3-7-16)18-12-11-17-8-4-5-9-19(17)14-18/h4-5,8-9,11-12,14-16H,2-3,6-7,10,13H2,1H3,(H,21,22). The third-order valence-corrected chi connectivity index (χ3v) is 4.91. The summed E-state index contributed by atoms with van der Waals surface area (Å²) in [5.41, 5.74) is 1.17. The van der Waals surface area contributed by atoms with Crippen LogP contribution in [0.2, 0.25) is 0 Å². The minimum atomic E-state index is 0.0701. The Kier molecular flexibility index (Phi) is 4.77. The quantitative estimate of drug-likeness (QED) is 0.827. The largest absolute Gasteiger partial charge is 0.350 e. The van der Waals surface area contributed by atoms with Gasteiger partial charge < -0.3 is 5.32 Å². The second kappa shape index (κ2) is 6.95. The van der Waals surface area contributed by atoms with Gasteiger partial charge in [-0.3, -0.25) is 4.79 Å². The first kappa shape index (κ1) is 15.1. The minimum absolute atomic E-state index is 0.0701. The van der Waals surface area contributed by atoms with Crippen LogP contribution < -0.4 is 5.32 Å². The average Bonchev–Trinajstić information content (AvgIpc) is 3.06. The van der Waals surface area contributed by atoms with E-state index in [1.165, 1.54) is 42.0 Å². The molecule has 1 saturated carbocycles. The molecule has 0 bridgehead atoms. The zero-order valence-corrected chi connectivity index (χ0v) is 13.3. The number of carbonyl (C=O) groups is 1. The van der Waals surface area contributed by atoms with Gasteiger partial charge in [0, 0.05) is 6.42 Å². The van der Waals surface area contributed by atoms with Crippen molar-refractivity contribution in [2.24, 2.45) is 5.92 Å². The van der Waals surface area contributed by atoms with E-state index in [4.69, 9.17) is 0 Å². The highest BCUT2D eigenvalue weighted by molar-refractivity contribution is 5.83. The van der Waals surface area contributed by atoms with E-state index >= 15 is 0 Å². The Morgan fingerprint density at radius 2 is 1.86 bits per heavy atom. The number of nitrogens with one attached hydrogen (secondary N) is 1. The highest BCUT2D eigenvalue weighted by atomic mass is 16.1. The Morgan fingerprint density at radius 3 is 2.64 bits per heavy atom. The van der Waals surface area contributed by atoms with E-state index in [9.17, 15) is 4.79 Å². The molecule has 1 aliphatic carbocycles. The summed E-state index contributed by atoms with van der Waals surface area (Å²) in [5, 5.41) is 5.62. The number of hydrogen-bond acceptors (Lipinski definition) is 1. The monoisotopic (exact) mass is 295 g/mol. The van der Waals surface area contributed by atoms with E-state index in [0.717, 1.165) is 12.3 Å². The minimum Gasteiger partial charge on any atom is -0.350 e. The van der Waals surface area contributed by atoms with Crippen molar-refractivity contribution in [1.29, 1.82) is 0 Å². The van der Waals surface area contributed by atoms with Gasteiger partial charge in [0.05, 0.1) is 6.04 Å². The van der Waals surface area contributed by atoms with E-state index in [1.807, 2.05) is 0 Å². The predicted octanol–water partition coefficient (Wildman–Crippen LogP) is 4.99. The first-order valence-electron chi connectivity index (χ1n) is 8.50. The van der Waals surface area contributed by atoms with Gasteiger partial charge in [-0.2, -0.15) is 0 Å². The van der Waals surface area contributed by atoms with Crippen molar-refractivity contribution in [3.8, 4) is 0 Å². The van der Waals surface area contributed by atoms with E-state index in [0.29, 0.717) is 6.42 Å². The van der Waals surface area contributed by atoms with Crippen molar-refractivity contribution in [2.75, 3.05) is 0 Å². The van der Waals surface area contributed by atoms with Gasteiger partial charge in [0.2, 0.25) is 5.91 Å². The first-order valence-corrected chi connectivity index (χ1v) is 8.50. The molecule has 2 aromatic rings. The summed E-state index contributed by atoms with van der Waals surface area (Å²) in [4.78, 5) is 12.1. The molecule has 3 rings (SSSR count). The molecule has 2 heteroatoms. The summed E-state index contributed by atoms with van der Waals surface area (Å²) in [6.07, 6.45) is 7.04. The maximum atomic E-state index is 12.1. The second-order valence-corrected chi connectivity index (χ2v) is 6.58. The molecule has 0 saturated heterocycles.